The van der Waals surface area contributed by atoms with Crippen molar-refractivity contribution in [2.45, 2.75) is 26.2 Å². The molecule has 1 atom stereocenters. The van der Waals surface area contributed by atoms with Crippen molar-refractivity contribution in [2.24, 2.45) is 5.92 Å². The third-order valence-corrected chi connectivity index (χ3v) is 2.30. The van der Waals surface area contributed by atoms with Crippen molar-refractivity contribution in [1.82, 2.24) is 0 Å². The molecular weight excluding hydrogens is 160 g/mol. The molecule has 0 spiro atoms. The number of hydrogen-bond acceptors (Lipinski definition) is 0. The molecule has 0 aromatic heterocycles. The summed E-state index contributed by atoms with van der Waals surface area (Å²) in [5.74, 6) is 0.326. The Bertz CT molecular complexity index is 218. The molecule has 1 unspecified atom stereocenters. The molecule has 0 bridgehead atoms. The zero-order valence-electron chi connectivity index (χ0n) is 8.20. The van der Waals surface area contributed by atoms with Crippen LogP contribution in [-0.2, 0) is 11.5 Å². The van der Waals surface area contributed by atoms with E-state index in [4.69, 9.17) is 0 Å². The Kier molecular flexibility index (Phi) is 4.55. The SMILES string of the molecule is CCCC(C[O])Cc1ccccc1. The standard InChI is InChI=1S/C12H17O/c1-2-6-12(10-13)9-11-7-4-3-5-8-11/h3-5,7-8,12H,2,6,9-10H2,1H3. The fourth-order valence-corrected chi connectivity index (χ4v) is 1.60. The van der Waals surface area contributed by atoms with E-state index < -0.39 is 0 Å². The molecule has 1 nitrogen and oxygen atoms in total. The zero-order chi connectivity index (χ0) is 9.52. The average molecular weight is 177 g/mol. The van der Waals surface area contributed by atoms with Crippen LogP contribution in [0.5, 0.6) is 0 Å². The molecule has 0 amide bonds. The van der Waals surface area contributed by atoms with Gasteiger partial charge >= 0.3 is 0 Å². The molecule has 1 aromatic carbocycles. The Labute approximate surface area is 80.4 Å². The summed E-state index contributed by atoms with van der Waals surface area (Å²) in [6.45, 7) is 2.19. The van der Waals surface area contributed by atoms with Gasteiger partial charge in [0.05, 0.1) is 6.61 Å². The van der Waals surface area contributed by atoms with Gasteiger partial charge in [-0.15, -0.1) is 0 Å². The lowest BCUT2D eigenvalue weighted by atomic mass is 9.96. The van der Waals surface area contributed by atoms with Crippen molar-refractivity contribution in [1.29, 1.82) is 0 Å². The fraction of sp³-hybridized carbons (Fsp3) is 0.500. The summed E-state index contributed by atoms with van der Waals surface area (Å²) >= 11 is 0. The fourth-order valence-electron chi connectivity index (χ4n) is 1.60. The average Bonchev–Trinajstić information content (AvgIpc) is 2.19. The molecule has 1 radical (unpaired) electrons. The summed E-state index contributed by atoms with van der Waals surface area (Å²) in [4.78, 5) is 0. The normalized spacial score (nSPS) is 12.8. The van der Waals surface area contributed by atoms with Crippen LogP contribution in [0, 0.1) is 5.92 Å². The van der Waals surface area contributed by atoms with Gasteiger partial charge in [0, 0.05) is 0 Å². The summed E-state index contributed by atoms with van der Waals surface area (Å²) in [6.07, 6.45) is 3.11. The molecule has 0 fully saturated rings. The maximum Gasteiger partial charge on any atom is 0.0853 e. The Morgan fingerprint density at radius 3 is 2.46 bits per heavy atom. The first-order chi connectivity index (χ1) is 6.36. The Morgan fingerprint density at radius 1 is 1.23 bits per heavy atom. The Balaban J connectivity index is 2.46. The molecule has 13 heavy (non-hydrogen) atoms. The molecule has 0 saturated heterocycles. The highest BCUT2D eigenvalue weighted by molar-refractivity contribution is 5.15. The van der Waals surface area contributed by atoms with Gasteiger partial charge in [0.15, 0.2) is 0 Å². The summed E-state index contributed by atoms with van der Waals surface area (Å²) < 4.78 is 0. The van der Waals surface area contributed by atoms with Crippen LogP contribution >= 0.6 is 0 Å². The van der Waals surface area contributed by atoms with Gasteiger partial charge in [-0.05, 0) is 24.3 Å². The van der Waals surface area contributed by atoms with Crippen LogP contribution in [0.1, 0.15) is 25.3 Å². The van der Waals surface area contributed by atoms with Gasteiger partial charge in [-0.2, -0.15) is 0 Å². The van der Waals surface area contributed by atoms with E-state index in [1.165, 1.54) is 5.56 Å². The number of rotatable bonds is 5. The van der Waals surface area contributed by atoms with E-state index in [0.29, 0.717) is 5.92 Å². The molecular formula is C12H17O. The van der Waals surface area contributed by atoms with Crippen molar-refractivity contribution in [3.8, 4) is 0 Å². The Morgan fingerprint density at radius 2 is 1.92 bits per heavy atom. The molecule has 0 aliphatic carbocycles. The third-order valence-electron chi connectivity index (χ3n) is 2.30. The smallest absolute Gasteiger partial charge is 0.0853 e. The van der Waals surface area contributed by atoms with Gasteiger partial charge in [0.25, 0.3) is 0 Å². The van der Waals surface area contributed by atoms with Crippen molar-refractivity contribution >= 4 is 0 Å². The van der Waals surface area contributed by atoms with Gasteiger partial charge in [0.1, 0.15) is 0 Å². The van der Waals surface area contributed by atoms with E-state index in [1.807, 2.05) is 18.2 Å². The molecule has 0 N–H and O–H groups in total. The molecule has 0 aliphatic rings. The van der Waals surface area contributed by atoms with Crippen LogP contribution in [0.15, 0.2) is 30.3 Å². The van der Waals surface area contributed by atoms with Crippen molar-refractivity contribution < 1.29 is 5.11 Å². The van der Waals surface area contributed by atoms with E-state index in [0.717, 1.165) is 19.3 Å². The first-order valence-corrected chi connectivity index (χ1v) is 4.98. The molecule has 0 aliphatic heterocycles. The zero-order valence-corrected chi connectivity index (χ0v) is 8.20. The predicted octanol–water partition coefficient (Wildman–Crippen LogP) is 3.08. The highest BCUT2D eigenvalue weighted by atomic mass is 16.3. The minimum absolute atomic E-state index is 0.0583. The van der Waals surface area contributed by atoms with Gasteiger partial charge in [-0.1, -0.05) is 43.7 Å². The minimum Gasteiger partial charge on any atom is -0.236 e. The molecule has 0 heterocycles. The topological polar surface area (TPSA) is 19.9 Å². The third kappa shape index (κ3) is 3.60. The van der Waals surface area contributed by atoms with Crippen molar-refractivity contribution in [3.63, 3.8) is 0 Å². The van der Waals surface area contributed by atoms with Crippen LogP contribution in [0.2, 0.25) is 0 Å². The second-order valence-corrected chi connectivity index (χ2v) is 3.51. The van der Waals surface area contributed by atoms with Gasteiger partial charge in [-0.25, -0.2) is 5.11 Å². The molecule has 1 heteroatoms. The van der Waals surface area contributed by atoms with E-state index >= 15 is 0 Å². The Hall–Kier alpha value is -0.820. The second-order valence-electron chi connectivity index (χ2n) is 3.51. The summed E-state index contributed by atoms with van der Waals surface area (Å²) in [5, 5.41) is 10.8. The van der Waals surface area contributed by atoms with Gasteiger partial charge in [0.2, 0.25) is 0 Å². The number of hydrogen-bond donors (Lipinski definition) is 0. The van der Waals surface area contributed by atoms with Crippen molar-refractivity contribution in [3.05, 3.63) is 35.9 Å². The molecule has 71 valence electrons. The van der Waals surface area contributed by atoms with Crippen LogP contribution in [0.25, 0.3) is 0 Å². The van der Waals surface area contributed by atoms with E-state index in [9.17, 15) is 5.11 Å². The second kappa shape index (κ2) is 5.76. The van der Waals surface area contributed by atoms with Crippen LogP contribution in [-0.4, -0.2) is 6.61 Å². The summed E-state index contributed by atoms with van der Waals surface area (Å²) in [6, 6.07) is 10.3. The van der Waals surface area contributed by atoms with E-state index in [-0.39, 0.29) is 6.61 Å². The summed E-state index contributed by atoms with van der Waals surface area (Å²) in [7, 11) is 0. The van der Waals surface area contributed by atoms with Gasteiger partial charge < -0.3 is 0 Å². The van der Waals surface area contributed by atoms with Crippen LogP contribution in [0.3, 0.4) is 0 Å². The van der Waals surface area contributed by atoms with Crippen LogP contribution < -0.4 is 0 Å². The van der Waals surface area contributed by atoms with Crippen molar-refractivity contribution in [2.75, 3.05) is 6.61 Å². The first kappa shape index (κ1) is 10.3. The maximum absolute atomic E-state index is 10.8. The highest BCUT2D eigenvalue weighted by Gasteiger charge is 2.07. The molecule has 0 saturated carbocycles. The van der Waals surface area contributed by atoms with Gasteiger partial charge in [-0.3, -0.25) is 0 Å². The quantitative estimate of drug-likeness (QED) is 0.658. The first-order valence-electron chi connectivity index (χ1n) is 4.98. The number of benzene rings is 1. The monoisotopic (exact) mass is 177 g/mol. The largest absolute Gasteiger partial charge is 0.236 e. The minimum atomic E-state index is 0.0583. The van der Waals surface area contributed by atoms with Crippen LogP contribution in [0.4, 0.5) is 0 Å². The summed E-state index contributed by atoms with van der Waals surface area (Å²) in [5.41, 5.74) is 1.29. The molecule has 1 rings (SSSR count). The maximum atomic E-state index is 10.8. The predicted molar refractivity (Wildman–Crippen MR) is 54.1 cm³/mol. The lowest BCUT2D eigenvalue weighted by Crippen LogP contribution is -2.08. The van der Waals surface area contributed by atoms with E-state index in [2.05, 4.69) is 19.1 Å². The lowest BCUT2D eigenvalue weighted by Gasteiger charge is -2.11. The molecule has 1 aromatic rings. The highest BCUT2D eigenvalue weighted by Crippen LogP contribution is 2.13. The van der Waals surface area contributed by atoms with E-state index in [1.54, 1.807) is 0 Å². The lowest BCUT2D eigenvalue weighted by molar-refractivity contribution is 0.138.